The van der Waals surface area contributed by atoms with Crippen molar-refractivity contribution in [3.05, 3.63) is 59.7 Å². The number of aliphatic hydroxyl groups is 1. The van der Waals surface area contributed by atoms with Gasteiger partial charge in [0.1, 0.15) is 23.8 Å². The van der Waals surface area contributed by atoms with Crippen molar-refractivity contribution in [3.8, 4) is 5.75 Å². The van der Waals surface area contributed by atoms with E-state index in [4.69, 9.17) is 4.74 Å². The van der Waals surface area contributed by atoms with Gasteiger partial charge in [-0.3, -0.25) is 9.78 Å². The number of likely N-dealkylation sites (tertiary alicyclic amines) is 1. The predicted molar refractivity (Wildman–Crippen MR) is 95.3 cm³/mol. The van der Waals surface area contributed by atoms with Crippen LogP contribution in [0.2, 0.25) is 0 Å². The van der Waals surface area contributed by atoms with Gasteiger partial charge in [0.25, 0.3) is 0 Å². The number of nitrogens with zero attached hydrogens (tertiary/aromatic N) is 2. The Labute approximate surface area is 152 Å². The molecule has 2 aromatic rings. The first-order valence-corrected chi connectivity index (χ1v) is 8.74. The highest BCUT2D eigenvalue weighted by molar-refractivity contribution is 5.78. The fourth-order valence-corrected chi connectivity index (χ4v) is 3.09. The van der Waals surface area contributed by atoms with E-state index in [-0.39, 0.29) is 31.3 Å². The van der Waals surface area contributed by atoms with Crippen LogP contribution >= 0.6 is 0 Å². The molecule has 1 N–H and O–H groups in total. The lowest BCUT2D eigenvalue weighted by Gasteiger charge is -2.39. The van der Waals surface area contributed by atoms with E-state index in [1.807, 2.05) is 19.1 Å². The molecule has 1 amide bonds. The zero-order chi connectivity index (χ0) is 18.6. The summed E-state index contributed by atoms with van der Waals surface area (Å²) in [5.41, 5.74) is 0.620. The minimum absolute atomic E-state index is 0.0169. The fourth-order valence-electron chi connectivity index (χ4n) is 3.09. The van der Waals surface area contributed by atoms with Crippen molar-refractivity contribution in [2.45, 2.75) is 31.8 Å². The molecule has 26 heavy (non-hydrogen) atoms. The number of ether oxygens (including phenoxy) is 1. The number of aryl methyl sites for hydroxylation is 1. The standard InChI is InChI=1S/C20H23FN2O3/c1-15-6-7-17(22-12-15)11-19(24)23-9-3-8-20(25,13-23)14-26-18-5-2-4-16(21)10-18/h2,4-7,10,12,25H,3,8-9,11,13-14H2,1H3/t20-/m0/s1. The van der Waals surface area contributed by atoms with Crippen molar-refractivity contribution in [1.82, 2.24) is 9.88 Å². The average Bonchev–Trinajstić information content (AvgIpc) is 2.62. The summed E-state index contributed by atoms with van der Waals surface area (Å²) in [5.74, 6) is -0.0866. The molecule has 2 heterocycles. The maximum absolute atomic E-state index is 13.2. The summed E-state index contributed by atoms with van der Waals surface area (Å²) in [6.07, 6.45) is 3.17. The lowest BCUT2D eigenvalue weighted by atomic mass is 9.93. The van der Waals surface area contributed by atoms with Crippen molar-refractivity contribution in [2.24, 2.45) is 0 Å². The van der Waals surface area contributed by atoms with Crippen LogP contribution in [0.15, 0.2) is 42.6 Å². The molecule has 0 unspecified atom stereocenters. The summed E-state index contributed by atoms with van der Waals surface area (Å²) in [4.78, 5) is 18.5. The largest absolute Gasteiger partial charge is 0.490 e. The topological polar surface area (TPSA) is 62.7 Å². The second kappa shape index (κ2) is 7.83. The third-order valence-electron chi connectivity index (χ3n) is 4.52. The number of rotatable bonds is 5. The van der Waals surface area contributed by atoms with Gasteiger partial charge in [-0.15, -0.1) is 0 Å². The van der Waals surface area contributed by atoms with Crippen LogP contribution in [0.25, 0.3) is 0 Å². The SMILES string of the molecule is Cc1ccc(CC(=O)N2CCC[C@@](O)(COc3cccc(F)c3)C2)nc1. The third-order valence-corrected chi connectivity index (χ3v) is 4.52. The predicted octanol–water partition coefficient (Wildman–Crippen LogP) is 2.50. The van der Waals surface area contributed by atoms with Gasteiger partial charge in [0.2, 0.25) is 5.91 Å². The molecule has 6 heteroatoms. The summed E-state index contributed by atoms with van der Waals surface area (Å²) in [7, 11) is 0. The Morgan fingerprint density at radius 1 is 1.38 bits per heavy atom. The summed E-state index contributed by atoms with van der Waals surface area (Å²) in [6, 6.07) is 9.58. The highest BCUT2D eigenvalue weighted by Crippen LogP contribution is 2.24. The number of amides is 1. The van der Waals surface area contributed by atoms with E-state index in [0.29, 0.717) is 30.8 Å². The van der Waals surface area contributed by atoms with E-state index in [1.54, 1.807) is 23.2 Å². The number of β-amino-alcohol motifs (C(OH)–C–C–N with tert-alkyl or cyclic N) is 1. The first-order valence-electron chi connectivity index (χ1n) is 8.74. The lowest BCUT2D eigenvalue weighted by Crippen LogP contribution is -2.53. The molecule has 1 fully saturated rings. The molecule has 1 aromatic heterocycles. The Hall–Kier alpha value is -2.47. The molecule has 5 nitrogen and oxygen atoms in total. The normalized spacial score (nSPS) is 20.0. The highest BCUT2D eigenvalue weighted by Gasteiger charge is 2.36. The highest BCUT2D eigenvalue weighted by atomic mass is 19.1. The second-order valence-corrected chi connectivity index (χ2v) is 6.89. The number of hydrogen-bond donors (Lipinski definition) is 1. The van der Waals surface area contributed by atoms with Crippen molar-refractivity contribution < 1.29 is 19.0 Å². The van der Waals surface area contributed by atoms with Crippen molar-refractivity contribution in [2.75, 3.05) is 19.7 Å². The quantitative estimate of drug-likeness (QED) is 0.892. The number of pyridine rings is 1. The van der Waals surface area contributed by atoms with Gasteiger partial charge in [-0.1, -0.05) is 12.1 Å². The molecule has 0 spiro atoms. The fraction of sp³-hybridized carbons (Fsp3) is 0.400. The van der Waals surface area contributed by atoms with Crippen molar-refractivity contribution in [1.29, 1.82) is 0 Å². The minimum Gasteiger partial charge on any atom is -0.490 e. The number of hydrogen-bond acceptors (Lipinski definition) is 4. The van der Waals surface area contributed by atoms with E-state index in [1.165, 1.54) is 12.1 Å². The number of halogens is 1. The first kappa shape index (κ1) is 18.3. The molecule has 1 aliphatic heterocycles. The Kier molecular flexibility index (Phi) is 5.52. The van der Waals surface area contributed by atoms with Crippen LogP contribution in [0.4, 0.5) is 4.39 Å². The smallest absolute Gasteiger partial charge is 0.228 e. The lowest BCUT2D eigenvalue weighted by molar-refractivity contribution is -0.139. The minimum atomic E-state index is -1.14. The van der Waals surface area contributed by atoms with Crippen LogP contribution < -0.4 is 4.74 Å². The summed E-state index contributed by atoms with van der Waals surface area (Å²) in [6.45, 7) is 2.77. The Morgan fingerprint density at radius 2 is 2.23 bits per heavy atom. The number of carbonyl (C=O) groups excluding carboxylic acids is 1. The van der Waals surface area contributed by atoms with Crippen LogP contribution in [0.3, 0.4) is 0 Å². The molecule has 138 valence electrons. The second-order valence-electron chi connectivity index (χ2n) is 6.89. The van der Waals surface area contributed by atoms with E-state index in [9.17, 15) is 14.3 Å². The van der Waals surface area contributed by atoms with Crippen LogP contribution in [0.5, 0.6) is 5.75 Å². The number of benzene rings is 1. The first-order chi connectivity index (χ1) is 12.4. The molecule has 0 saturated carbocycles. The average molecular weight is 358 g/mol. The maximum atomic E-state index is 13.2. The molecule has 3 rings (SSSR count). The zero-order valence-corrected chi connectivity index (χ0v) is 14.8. The van der Waals surface area contributed by atoms with E-state index >= 15 is 0 Å². The molecule has 1 saturated heterocycles. The van der Waals surface area contributed by atoms with Gasteiger partial charge in [0, 0.05) is 24.5 Å². The summed E-state index contributed by atoms with van der Waals surface area (Å²) in [5, 5.41) is 10.8. The number of carbonyl (C=O) groups is 1. The maximum Gasteiger partial charge on any atom is 0.228 e. The molecular weight excluding hydrogens is 335 g/mol. The van der Waals surface area contributed by atoms with Gasteiger partial charge in [0.15, 0.2) is 0 Å². The summed E-state index contributed by atoms with van der Waals surface area (Å²) < 4.78 is 18.8. The van der Waals surface area contributed by atoms with Gasteiger partial charge in [-0.2, -0.15) is 0 Å². The van der Waals surface area contributed by atoms with Crippen LogP contribution in [-0.2, 0) is 11.2 Å². The number of piperidine rings is 1. The van der Waals surface area contributed by atoms with Gasteiger partial charge in [-0.25, -0.2) is 4.39 Å². The molecule has 0 radical (unpaired) electrons. The van der Waals surface area contributed by atoms with Crippen molar-refractivity contribution in [3.63, 3.8) is 0 Å². The molecule has 0 aliphatic carbocycles. The molecule has 0 bridgehead atoms. The third kappa shape index (κ3) is 4.79. The number of aromatic nitrogens is 1. The monoisotopic (exact) mass is 358 g/mol. The molecule has 1 atom stereocenters. The zero-order valence-electron chi connectivity index (χ0n) is 14.8. The van der Waals surface area contributed by atoms with E-state index < -0.39 is 5.60 Å². The van der Waals surface area contributed by atoms with Crippen LogP contribution in [0.1, 0.15) is 24.1 Å². The van der Waals surface area contributed by atoms with E-state index in [0.717, 1.165) is 5.56 Å². The Morgan fingerprint density at radius 3 is 2.96 bits per heavy atom. The van der Waals surface area contributed by atoms with Crippen LogP contribution in [-0.4, -0.2) is 46.2 Å². The van der Waals surface area contributed by atoms with Gasteiger partial charge in [-0.05, 0) is 43.5 Å². The molecule has 1 aromatic carbocycles. The summed E-state index contributed by atoms with van der Waals surface area (Å²) >= 11 is 0. The molecule has 1 aliphatic rings. The van der Waals surface area contributed by atoms with E-state index in [2.05, 4.69) is 4.98 Å². The van der Waals surface area contributed by atoms with Crippen LogP contribution in [0, 0.1) is 12.7 Å². The Bertz CT molecular complexity index is 766. The molecular formula is C20H23FN2O3. The van der Waals surface area contributed by atoms with Crippen molar-refractivity contribution >= 4 is 5.91 Å². The Balaban J connectivity index is 1.58. The van der Waals surface area contributed by atoms with Gasteiger partial charge < -0.3 is 14.7 Å². The van der Waals surface area contributed by atoms with Gasteiger partial charge in [0.05, 0.1) is 13.0 Å². The van der Waals surface area contributed by atoms with Gasteiger partial charge >= 0.3 is 0 Å².